The van der Waals surface area contributed by atoms with Crippen LogP contribution in [0.1, 0.15) is 54.1 Å². The zero-order valence-corrected chi connectivity index (χ0v) is 26.4. The standard InChI is InChI=1S/C30H39N5O7S/c1-8-42-29(38)35-14-12-34(13-15-35)28(37)21-11-9-10-19-16-24(33(5)25(19)21)27(36)31-22-17-20(30(2,3)4)18-23(26(22)41-6)32-43(7,39)40/h9-11,16-18,32H,8,12-15H2,1-7H3,(H,31,36). The second-order valence-electron chi connectivity index (χ2n) is 11.5. The fraction of sp³-hybridized carbons (Fsp3) is 0.433. The smallest absolute Gasteiger partial charge is 0.409 e. The molecule has 4 rings (SSSR count). The van der Waals surface area contributed by atoms with Crippen molar-refractivity contribution in [3.8, 4) is 5.75 Å². The van der Waals surface area contributed by atoms with Gasteiger partial charge in [-0.1, -0.05) is 32.9 Å². The molecular formula is C30H39N5O7S. The second-order valence-corrected chi connectivity index (χ2v) is 13.2. The molecule has 0 aliphatic carbocycles. The van der Waals surface area contributed by atoms with Gasteiger partial charge in [-0.3, -0.25) is 14.3 Å². The van der Waals surface area contributed by atoms with E-state index in [1.165, 1.54) is 7.11 Å². The lowest BCUT2D eigenvalue weighted by Gasteiger charge is -2.34. The number of benzene rings is 2. The van der Waals surface area contributed by atoms with Gasteiger partial charge in [-0.05, 0) is 42.2 Å². The van der Waals surface area contributed by atoms with Crippen molar-refractivity contribution in [2.75, 3.05) is 56.2 Å². The number of fused-ring (bicyclic) bond motifs is 1. The summed E-state index contributed by atoms with van der Waals surface area (Å²) in [5, 5.41) is 3.60. The van der Waals surface area contributed by atoms with Crippen molar-refractivity contribution in [1.29, 1.82) is 0 Å². The highest BCUT2D eigenvalue weighted by atomic mass is 32.2. The molecule has 0 spiro atoms. The van der Waals surface area contributed by atoms with E-state index in [9.17, 15) is 22.8 Å². The van der Waals surface area contributed by atoms with Crippen molar-refractivity contribution in [1.82, 2.24) is 14.4 Å². The molecule has 43 heavy (non-hydrogen) atoms. The third-order valence-electron chi connectivity index (χ3n) is 7.31. The van der Waals surface area contributed by atoms with Gasteiger partial charge in [0.15, 0.2) is 5.75 Å². The van der Waals surface area contributed by atoms with Crippen LogP contribution in [0.3, 0.4) is 0 Å². The maximum atomic E-state index is 13.7. The van der Waals surface area contributed by atoms with Gasteiger partial charge < -0.3 is 29.2 Å². The van der Waals surface area contributed by atoms with Crippen molar-refractivity contribution < 1.29 is 32.3 Å². The Morgan fingerprint density at radius 2 is 1.60 bits per heavy atom. The molecule has 3 aromatic rings. The molecule has 1 saturated heterocycles. The highest BCUT2D eigenvalue weighted by Crippen LogP contribution is 2.39. The van der Waals surface area contributed by atoms with Crippen LogP contribution in [0.15, 0.2) is 36.4 Å². The van der Waals surface area contributed by atoms with E-state index >= 15 is 0 Å². The van der Waals surface area contributed by atoms with Gasteiger partial charge in [-0.2, -0.15) is 0 Å². The second kappa shape index (κ2) is 12.2. The minimum atomic E-state index is -3.63. The molecule has 12 nitrogen and oxygen atoms in total. The molecule has 3 amide bonds. The van der Waals surface area contributed by atoms with Crippen molar-refractivity contribution >= 4 is 50.2 Å². The Bertz CT molecular complexity index is 1670. The number of hydrogen-bond acceptors (Lipinski definition) is 7. The number of methoxy groups -OCH3 is 1. The molecular weight excluding hydrogens is 574 g/mol. The van der Waals surface area contributed by atoms with Crippen molar-refractivity contribution in [2.45, 2.75) is 33.1 Å². The number of anilines is 2. The lowest BCUT2D eigenvalue weighted by molar-refractivity contribution is 0.0571. The number of nitrogens with one attached hydrogen (secondary N) is 2. The molecule has 0 atom stereocenters. The van der Waals surface area contributed by atoms with E-state index in [1.54, 1.807) is 58.7 Å². The first-order valence-electron chi connectivity index (χ1n) is 14.0. The van der Waals surface area contributed by atoms with Gasteiger partial charge >= 0.3 is 6.09 Å². The SMILES string of the molecule is CCOC(=O)N1CCN(C(=O)c2cccc3cc(C(=O)Nc4cc(C(C)(C)C)cc(NS(C)(=O)=O)c4OC)n(C)c23)CC1. The average Bonchev–Trinajstić information content (AvgIpc) is 3.28. The number of rotatable bonds is 7. The first-order valence-corrected chi connectivity index (χ1v) is 15.8. The quantitative estimate of drug-likeness (QED) is 0.410. The number of amides is 3. The van der Waals surface area contributed by atoms with Gasteiger partial charge in [-0.25, -0.2) is 13.2 Å². The number of para-hydroxylation sites is 1. The lowest BCUT2D eigenvalue weighted by Crippen LogP contribution is -2.50. The predicted molar refractivity (Wildman–Crippen MR) is 166 cm³/mol. The van der Waals surface area contributed by atoms with Crippen LogP contribution in [-0.4, -0.2) is 86.8 Å². The summed E-state index contributed by atoms with van der Waals surface area (Å²) in [4.78, 5) is 42.6. The molecule has 13 heteroatoms. The Balaban J connectivity index is 1.66. The molecule has 1 aliphatic rings. The third-order valence-corrected chi connectivity index (χ3v) is 7.91. The highest BCUT2D eigenvalue weighted by Gasteiger charge is 2.28. The molecule has 0 unspecified atom stereocenters. The number of hydrogen-bond donors (Lipinski definition) is 2. The molecule has 2 heterocycles. The van der Waals surface area contributed by atoms with Gasteiger partial charge in [0.1, 0.15) is 5.69 Å². The summed E-state index contributed by atoms with van der Waals surface area (Å²) in [5.74, 6) is -0.489. The van der Waals surface area contributed by atoms with E-state index in [-0.39, 0.29) is 29.4 Å². The summed E-state index contributed by atoms with van der Waals surface area (Å²) in [6.45, 7) is 9.42. The third kappa shape index (κ3) is 6.87. The average molecular weight is 614 g/mol. The van der Waals surface area contributed by atoms with Crippen LogP contribution in [0.5, 0.6) is 5.75 Å². The number of nitrogens with zero attached hydrogens (tertiary/aromatic N) is 3. The Hall–Kier alpha value is -4.26. The van der Waals surface area contributed by atoms with Crippen LogP contribution in [-0.2, 0) is 27.2 Å². The van der Waals surface area contributed by atoms with Crippen LogP contribution in [0, 0.1) is 0 Å². The minimum absolute atomic E-state index is 0.170. The molecule has 1 aromatic heterocycles. The Labute approximate surface area is 252 Å². The number of carbonyl (C=O) groups excluding carboxylic acids is 3. The van der Waals surface area contributed by atoms with Crippen LogP contribution in [0.4, 0.5) is 16.2 Å². The largest absolute Gasteiger partial charge is 0.492 e. The van der Waals surface area contributed by atoms with Crippen LogP contribution < -0.4 is 14.8 Å². The summed E-state index contributed by atoms with van der Waals surface area (Å²) < 4.78 is 38.9. The summed E-state index contributed by atoms with van der Waals surface area (Å²) in [6.07, 6.45) is 0.655. The number of ether oxygens (including phenoxy) is 2. The summed E-state index contributed by atoms with van der Waals surface area (Å²) in [5.41, 5.74) is 2.26. The number of carbonyl (C=O) groups is 3. The van der Waals surface area contributed by atoms with Crippen LogP contribution in [0.2, 0.25) is 0 Å². The van der Waals surface area contributed by atoms with Gasteiger partial charge in [-0.15, -0.1) is 0 Å². The molecule has 2 N–H and O–H groups in total. The highest BCUT2D eigenvalue weighted by molar-refractivity contribution is 7.92. The van der Waals surface area contributed by atoms with Crippen molar-refractivity contribution in [3.05, 3.63) is 53.2 Å². The predicted octanol–water partition coefficient (Wildman–Crippen LogP) is 4.02. The maximum Gasteiger partial charge on any atom is 0.409 e. The van der Waals surface area contributed by atoms with E-state index < -0.39 is 22.0 Å². The van der Waals surface area contributed by atoms with Gasteiger partial charge in [0, 0.05) is 38.6 Å². The zero-order chi connectivity index (χ0) is 31.7. The molecule has 232 valence electrons. The Morgan fingerprint density at radius 1 is 0.977 bits per heavy atom. The number of aryl methyl sites for hydroxylation is 1. The lowest BCUT2D eigenvalue weighted by atomic mass is 9.86. The zero-order valence-electron chi connectivity index (χ0n) is 25.6. The Morgan fingerprint density at radius 3 is 2.19 bits per heavy atom. The molecule has 0 bridgehead atoms. The number of piperazine rings is 1. The minimum Gasteiger partial charge on any atom is -0.492 e. The summed E-state index contributed by atoms with van der Waals surface area (Å²) in [6, 6.07) is 10.5. The molecule has 1 aliphatic heterocycles. The summed E-state index contributed by atoms with van der Waals surface area (Å²) >= 11 is 0. The first-order chi connectivity index (χ1) is 20.1. The van der Waals surface area contributed by atoms with Gasteiger partial charge in [0.25, 0.3) is 11.8 Å². The van der Waals surface area contributed by atoms with Gasteiger partial charge in [0.05, 0.1) is 42.4 Å². The van der Waals surface area contributed by atoms with E-state index in [2.05, 4.69) is 10.0 Å². The van der Waals surface area contributed by atoms with Crippen LogP contribution >= 0.6 is 0 Å². The molecule has 0 radical (unpaired) electrons. The Kier molecular flexibility index (Phi) is 8.95. The van der Waals surface area contributed by atoms with Crippen molar-refractivity contribution in [2.24, 2.45) is 7.05 Å². The topological polar surface area (TPSA) is 139 Å². The molecule has 1 fully saturated rings. The van der Waals surface area contributed by atoms with Crippen LogP contribution in [0.25, 0.3) is 10.9 Å². The van der Waals surface area contributed by atoms with E-state index in [1.807, 2.05) is 26.8 Å². The van der Waals surface area contributed by atoms with Gasteiger partial charge in [0.2, 0.25) is 10.0 Å². The maximum absolute atomic E-state index is 13.7. The first kappa shape index (κ1) is 31.7. The van der Waals surface area contributed by atoms with E-state index in [0.29, 0.717) is 54.0 Å². The molecule has 2 aromatic carbocycles. The van der Waals surface area contributed by atoms with E-state index in [4.69, 9.17) is 9.47 Å². The van der Waals surface area contributed by atoms with Crippen molar-refractivity contribution in [3.63, 3.8) is 0 Å². The summed E-state index contributed by atoms with van der Waals surface area (Å²) in [7, 11) is -0.520. The fourth-order valence-corrected chi connectivity index (χ4v) is 5.67. The normalized spacial score (nSPS) is 14.0. The number of sulfonamides is 1. The number of aromatic nitrogens is 1. The molecule has 0 saturated carbocycles. The van der Waals surface area contributed by atoms with E-state index in [0.717, 1.165) is 11.8 Å². The fourth-order valence-electron chi connectivity index (χ4n) is 5.12. The monoisotopic (exact) mass is 613 g/mol.